The van der Waals surface area contributed by atoms with Crippen molar-refractivity contribution >= 4 is 23.6 Å². The summed E-state index contributed by atoms with van der Waals surface area (Å²) in [6.45, 7) is 4.75. The molecule has 1 saturated heterocycles. The molecule has 1 aliphatic heterocycles. The molecular formula is C22H26N2O2S. The van der Waals surface area contributed by atoms with Gasteiger partial charge >= 0.3 is 0 Å². The Morgan fingerprint density at radius 3 is 2.56 bits per heavy atom. The molecule has 27 heavy (non-hydrogen) atoms. The lowest BCUT2D eigenvalue weighted by molar-refractivity contribution is -0.128. The van der Waals surface area contributed by atoms with E-state index in [0.29, 0.717) is 17.9 Å². The minimum atomic E-state index is -0.0491. The quantitative estimate of drug-likeness (QED) is 0.786. The lowest BCUT2D eigenvalue weighted by atomic mass is 10.1. The molecule has 2 unspecified atom stereocenters. The molecule has 0 saturated carbocycles. The Hall–Kier alpha value is -2.27. The van der Waals surface area contributed by atoms with Gasteiger partial charge in [-0.2, -0.15) is 0 Å². The van der Waals surface area contributed by atoms with E-state index in [1.54, 1.807) is 11.8 Å². The summed E-state index contributed by atoms with van der Waals surface area (Å²) in [5, 5.41) is 3.00. The second-order valence-electron chi connectivity index (χ2n) is 6.89. The summed E-state index contributed by atoms with van der Waals surface area (Å²) in [4.78, 5) is 26.5. The average molecular weight is 383 g/mol. The van der Waals surface area contributed by atoms with Crippen LogP contribution in [0.2, 0.25) is 0 Å². The van der Waals surface area contributed by atoms with Crippen LogP contribution >= 0.6 is 11.8 Å². The van der Waals surface area contributed by atoms with Crippen molar-refractivity contribution in [2.75, 3.05) is 12.3 Å². The van der Waals surface area contributed by atoms with Crippen LogP contribution in [-0.4, -0.2) is 35.1 Å². The molecule has 0 radical (unpaired) electrons. The highest BCUT2D eigenvalue weighted by Gasteiger charge is 2.32. The van der Waals surface area contributed by atoms with Crippen LogP contribution in [0.1, 0.15) is 47.1 Å². The van der Waals surface area contributed by atoms with Crippen LogP contribution < -0.4 is 5.32 Å². The van der Waals surface area contributed by atoms with Gasteiger partial charge in [0.05, 0.1) is 5.75 Å². The number of benzene rings is 2. The van der Waals surface area contributed by atoms with Gasteiger partial charge in [0.15, 0.2) is 0 Å². The molecular weight excluding hydrogens is 356 g/mol. The molecule has 142 valence electrons. The van der Waals surface area contributed by atoms with Gasteiger partial charge in [0.1, 0.15) is 5.37 Å². The molecule has 2 amide bonds. The van der Waals surface area contributed by atoms with Crippen molar-refractivity contribution in [2.45, 2.75) is 38.1 Å². The van der Waals surface area contributed by atoms with Gasteiger partial charge in [-0.1, -0.05) is 49.4 Å². The van der Waals surface area contributed by atoms with Crippen molar-refractivity contribution in [1.82, 2.24) is 10.2 Å². The van der Waals surface area contributed by atoms with Crippen LogP contribution in [0.5, 0.6) is 0 Å². The van der Waals surface area contributed by atoms with Crippen molar-refractivity contribution in [3.63, 3.8) is 0 Å². The van der Waals surface area contributed by atoms with Gasteiger partial charge in [0.2, 0.25) is 5.91 Å². The van der Waals surface area contributed by atoms with E-state index >= 15 is 0 Å². The van der Waals surface area contributed by atoms with E-state index in [0.717, 1.165) is 18.4 Å². The molecule has 2 aromatic rings. The first-order valence-corrected chi connectivity index (χ1v) is 10.5. The maximum absolute atomic E-state index is 12.3. The van der Waals surface area contributed by atoms with Gasteiger partial charge in [0.25, 0.3) is 5.91 Å². The molecule has 0 spiro atoms. The zero-order valence-electron chi connectivity index (χ0n) is 15.9. The number of hydrogen-bond acceptors (Lipinski definition) is 3. The molecule has 3 rings (SSSR count). The van der Waals surface area contributed by atoms with Gasteiger partial charge < -0.3 is 10.2 Å². The first-order chi connectivity index (χ1) is 13.1. The van der Waals surface area contributed by atoms with Crippen molar-refractivity contribution in [3.05, 3.63) is 71.3 Å². The van der Waals surface area contributed by atoms with Crippen LogP contribution in [0, 0.1) is 0 Å². The Balaban J connectivity index is 1.67. The maximum atomic E-state index is 12.3. The second-order valence-corrected chi connectivity index (χ2v) is 7.96. The molecule has 1 heterocycles. The predicted molar refractivity (Wildman–Crippen MR) is 111 cm³/mol. The fraction of sp³-hybridized carbons (Fsp3) is 0.364. The van der Waals surface area contributed by atoms with Crippen molar-refractivity contribution in [2.24, 2.45) is 0 Å². The minimum absolute atomic E-state index is 0.0212. The summed E-state index contributed by atoms with van der Waals surface area (Å²) in [5.74, 6) is 0.641. The summed E-state index contributed by atoms with van der Waals surface area (Å²) < 4.78 is 0. The van der Waals surface area contributed by atoms with E-state index in [1.165, 1.54) is 5.56 Å². The van der Waals surface area contributed by atoms with E-state index in [2.05, 4.69) is 17.4 Å². The predicted octanol–water partition coefficient (Wildman–Crippen LogP) is 4.03. The monoisotopic (exact) mass is 382 g/mol. The topological polar surface area (TPSA) is 49.4 Å². The molecule has 1 fully saturated rings. The van der Waals surface area contributed by atoms with E-state index < -0.39 is 0 Å². The van der Waals surface area contributed by atoms with E-state index in [9.17, 15) is 9.59 Å². The average Bonchev–Trinajstić information content (AvgIpc) is 3.07. The number of amides is 2. The smallest absolute Gasteiger partial charge is 0.251 e. The number of nitrogens with zero attached hydrogens (tertiary/aromatic N) is 1. The number of hydrogen-bond donors (Lipinski definition) is 1. The first kappa shape index (κ1) is 19.5. The number of rotatable bonds is 7. The lowest BCUT2D eigenvalue weighted by Crippen LogP contribution is -2.32. The van der Waals surface area contributed by atoms with Crippen LogP contribution in [0.15, 0.2) is 54.6 Å². The normalized spacial score (nSPS) is 17.8. The molecule has 0 bridgehead atoms. The van der Waals surface area contributed by atoms with Gasteiger partial charge in [0, 0.05) is 18.2 Å². The third kappa shape index (κ3) is 4.92. The second kappa shape index (κ2) is 9.09. The minimum Gasteiger partial charge on any atom is -0.350 e. The standard InChI is InChI=1S/C22H26N2O2S/c1-3-16(2)23-21(26)18-9-11-19(12-10-18)22-24(20(25)15-27-22)14-13-17-7-5-4-6-8-17/h4-12,16,22H,3,13-15H2,1-2H3,(H,23,26). The van der Waals surface area contributed by atoms with Crippen molar-refractivity contribution in [3.8, 4) is 0 Å². The highest BCUT2D eigenvalue weighted by Crippen LogP contribution is 2.38. The van der Waals surface area contributed by atoms with Gasteiger partial charge in [-0.05, 0) is 43.0 Å². The Kier molecular flexibility index (Phi) is 6.56. The summed E-state index contributed by atoms with van der Waals surface area (Å²) in [7, 11) is 0. The highest BCUT2D eigenvalue weighted by molar-refractivity contribution is 8.00. The molecule has 2 atom stereocenters. The van der Waals surface area contributed by atoms with Crippen LogP contribution in [0.4, 0.5) is 0 Å². The summed E-state index contributed by atoms with van der Waals surface area (Å²) in [6.07, 6.45) is 1.75. The number of thioether (sulfide) groups is 1. The largest absolute Gasteiger partial charge is 0.350 e. The Morgan fingerprint density at radius 1 is 1.19 bits per heavy atom. The van der Waals surface area contributed by atoms with Crippen molar-refractivity contribution < 1.29 is 9.59 Å². The van der Waals surface area contributed by atoms with Gasteiger partial charge in [-0.25, -0.2) is 0 Å². The molecule has 0 aromatic heterocycles. The van der Waals surface area contributed by atoms with E-state index in [1.807, 2.05) is 61.2 Å². The number of carbonyl (C=O) groups is 2. The molecule has 2 aromatic carbocycles. The first-order valence-electron chi connectivity index (χ1n) is 9.44. The molecule has 1 N–H and O–H groups in total. The summed E-state index contributed by atoms with van der Waals surface area (Å²) in [6, 6.07) is 18.0. The molecule has 5 heteroatoms. The van der Waals surface area contributed by atoms with E-state index in [4.69, 9.17) is 0 Å². The van der Waals surface area contributed by atoms with Crippen LogP contribution in [-0.2, 0) is 11.2 Å². The fourth-order valence-electron chi connectivity index (χ4n) is 3.07. The molecule has 1 aliphatic rings. The third-order valence-electron chi connectivity index (χ3n) is 4.90. The van der Waals surface area contributed by atoms with Crippen molar-refractivity contribution in [1.29, 1.82) is 0 Å². The molecule has 0 aliphatic carbocycles. The van der Waals surface area contributed by atoms with E-state index in [-0.39, 0.29) is 23.2 Å². The lowest BCUT2D eigenvalue weighted by Gasteiger charge is -2.24. The van der Waals surface area contributed by atoms with Gasteiger partial charge in [-0.15, -0.1) is 11.8 Å². The van der Waals surface area contributed by atoms with Crippen LogP contribution in [0.25, 0.3) is 0 Å². The number of carbonyl (C=O) groups excluding carboxylic acids is 2. The Morgan fingerprint density at radius 2 is 1.89 bits per heavy atom. The van der Waals surface area contributed by atoms with Gasteiger partial charge in [-0.3, -0.25) is 9.59 Å². The van der Waals surface area contributed by atoms with Crippen LogP contribution in [0.3, 0.4) is 0 Å². The zero-order chi connectivity index (χ0) is 19.2. The maximum Gasteiger partial charge on any atom is 0.251 e. The summed E-state index contributed by atoms with van der Waals surface area (Å²) in [5.41, 5.74) is 2.96. The zero-order valence-corrected chi connectivity index (χ0v) is 16.7. The summed E-state index contributed by atoms with van der Waals surface area (Å²) >= 11 is 1.65. The highest BCUT2D eigenvalue weighted by atomic mass is 32.2. The Labute approximate surface area is 165 Å². The SMILES string of the molecule is CCC(C)NC(=O)c1ccc(C2SCC(=O)N2CCc2ccccc2)cc1. The fourth-order valence-corrected chi connectivity index (χ4v) is 4.29. The molecule has 4 nitrogen and oxygen atoms in total. The third-order valence-corrected chi connectivity index (χ3v) is 6.16. The Bertz CT molecular complexity index is 777. The number of nitrogens with one attached hydrogen (secondary N) is 1.